The lowest BCUT2D eigenvalue weighted by Crippen LogP contribution is -2.39. The van der Waals surface area contributed by atoms with Crippen LogP contribution in [0, 0.1) is 0 Å². The van der Waals surface area contributed by atoms with Crippen molar-refractivity contribution in [2.75, 3.05) is 32.2 Å². The van der Waals surface area contributed by atoms with Gasteiger partial charge in [-0.1, -0.05) is 20.8 Å². The monoisotopic (exact) mass is 343 g/mol. The van der Waals surface area contributed by atoms with Crippen LogP contribution in [0.25, 0.3) is 0 Å². The molecular formula is C14H22BrN3O2. The van der Waals surface area contributed by atoms with Crippen molar-refractivity contribution in [3.05, 3.63) is 16.5 Å². The van der Waals surface area contributed by atoms with Crippen molar-refractivity contribution in [3.63, 3.8) is 0 Å². The summed E-state index contributed by atoms with van der Waals surface area (Å²) in [4.78, 5) is 9.01. The Balaban J connectivity index is 2.11. The number of nitrogens with zero attached hydrogens (tertiary/aromatic N) is 2. The maximum atomic E-state index is 5.61. The van der Waals surface area contributed by atoms with E-state index in [-0.39, 0.29) is 11.0 Å². The smallest absolute Gasteiger partial charge is 0.137 e. The van der Waals surface area contributed by atoms with Crippen molar-refractivity contribution in [3.8, 4) is 0 Å². The van der Waals surface area contributed by atoms with Gasteiger partial charge in [0.05, 0.1) is 6.61 Å². The molecule has 0 amide bonds. The number of anilines is 1. The van der Waals surface area contributed by atoms with Crippen molar-refractivity contribution in [1.82, 2.24) is 9.97 Å². The molecule has 1 N–H and O–H groups in total. The van der Waals surface area contributed by atoms with Crippen LogP contribution in [0.1, 0.15) is 33.0 Å². The van der Waals surface area contributed by atoms with Crippen molar-refractivity contribution in [1.29, 1.82) is 0 Å². The van der Waals surface area contributed by atoms with E-state index in [4.69, 9.17) is 9.47 Å². The summed E-state index contributed by atoms with van der Waals surface area (Å²) in [5.74, 6) is 1.61. The molecule has 1 aliphatic heterocycles. The number of halogens is 1. The highest BCUT2D eigenvalue weighted by Gasteiger charge is 2.34. The lowest BCUT2D eigenvalue weighted by molar-refractivity contribution is -0.00625. The third-order valence-corrected chi connectivity index (χ3v) is 3.86. The normalized spacial score (nSPS) is 23.1. The summed E-state index contributed by atoms with van der Waals surface area (Å²) in [5.41, 5.74) is -0.338. The van der Waals surface area contributed by atoms with E-state index in [0.717, 1.165) is 29.3 Å². The van der Waals surface area contributed by atoms with Crippen LogP contribution in [-0.2, 0) is 14.9 Å². The molecule has 2 rings (SSSR count). The predicted molar refractivity (Wildman–Crippen MR) is 82.1 cm³/mol. The molecule has 0 radical (unpaired) electrons. The Morgan fingerprint density at radius 2 is 2.20 bits per heavy atom. The fraction of sp³-hybridized carbons (Fsp3) is 0.714. The Hall–Kier alpha value is -0.720. The number of hydrogen-bond acceptors (Lipinski definition) is 5. The highest BCUT2D eigenvalue weighted by molar-refractivity contribution is 9.10. The van der Waals surface area contributed by atoms with Gasteiger partial charge in [0.1, 0.15) is 21.8 Å². The third-order valence-electron chi connectivity index (χ3n) is 3.46. The fourth-order valence-electron chi connectivity index (χ4n) is 2.06. The van der Waals surface area contributed by atoms with Crippen LogP contribution < -0.4 is 5.32 Å². The number of ether oxygens (including phenoxy) is 2. The van der Waals surface area contributed by atoms with E-state index in [0.29, 0.717) is 13.2 Å². The molecule has 1 aromatic rings. The Bertz CT molecular complexity index is 468. The van der Waals surface area contributed by atoms with Crippen molar-refractivity contribution in [2.45, 2.75) is 38.2 Å². The molecule has 1 saturated heterocycles. The quantitative estimate of drug-likeness (QED) is 0.852. The molecule has 1 atom stereocenters. The molecule has 1 aromatic heterocycles. The minimum absolute atomic E-state index is 0.0877. The molecular weight excluding hydrogens is 322 g/mol. The van der Waals surface area contributed by atoms with Gasteiger partial charge < -0.3 is 14.8 Å². The van der Waals surface area contributed by atoms with E-state index in [1.165, 1.54) is 0 Å². The second kappa shape index (κ2) is 5.95. The van der Waals surface area contributed by atoms with Crippen LogP contribution in [0.4, 0.5) is 5.82 Å². The van der Waals surface area contributed by atoms with Gasteiger partial charge in [0.2, 0.25) is 0 Å². The predicted octanol–water partition coefficient (Wildman–Crippen LogP) is 2.75. The topological polar surface area (TPSA) is 56.3 Å². The molecule has 112 valence electrons. The van der Waals surface area contributed by atoms with E-state index in [2.05, 4.69) is 52.0 Å². The van der Waals surface area contributed by atoms with E-state index in [1.807, 2.05) is 6.07 Å². The van der Waals surface area contributed by atoms with Gasteiger partial charge in [0, 0.05) is 38.2 Å². The largest absolute Gasteiger partial charge is 0.378 e. The van der Waals surface area contributed by atoms with E-state index >= 15 is 0 Å². The lowest BCUT2D eigenvalue weighted by atomic mass is 9.96. The lowest BCUT2D eigenvalue weighted by Gasteiger charge is -2.26. The van der Waals surface area contributed by atoms with E-state index < -0.39 is 0 Å². The number of rotatable bonds is 4. The zero-order valence-electron chi connectivity index (χ0n) is 12.5. The van der Waals surface area contributed by atoms with Crippen molar-refractivity contribution >= 4 is 21.7 Å². The summed E-state index contributed by atoms with van der Waals surface area (Å²) in [6.07, 6.45) is 0.898. The average molecular weight is 344 g/mol. The molecule has 0 spiro atoms. The number of nitrogens with one attached hydrogen (secondary N) is 1. The number of methoxy groups -OCH3 is 1. The van der Waals surface area contributed by atoms with Crippen LogP contribution in [0.15, 0.2) is 10.7 Å². The SMILES string of the molecule is COC1(CNc2cc(Br)nc(C(C)(C)C)n2)CCOC1. The highest BCUT2D eigenvalue weighted by Crippen LogP contribution is 2.25. The molecule has 1 aliphatic rings. The van der Waals surface area contributed by atoms with Crippen LogP contribution in [0.2, 0.25) is 0 Å². The van der Waals surface area contributed by atoms with Gasteiger partial charge in [-0.3, -0.25) is 0 Å². The average Bonchev–Trinajstić information content (AvgIpc) is 2.84. The van der Waals surface area contributed by atoms with Crippen LogP contribution in [0.5, 0.6) is 0 Å². The van der Waals surface area contributed by atoms with Gasteiger partial charge in [-0.25, -0.2) is 9.97 Å². The second-order valence-electron chi connectivity index (χ2n) is 6.19. The fourth-order valence-corrected chi connectivity index (χ4v) is 2.44. The summed E-state index contributed by atoms with van der Waals surface area (Å²) in [5, 5.41) is 3.35. The zero-order chi connectivity index (χ0) is 14.8. The molecule has 6 heteroatoms. The molecule has 0 aliphatic carbocycles. The highest BCUT2D eigenvalue weighted by atomic mass is 79.9. The minimum atomic E-state index is -0.251. The molecule has 20 heavy (non-hydrogen) atoms. The van der Waals surface area contributed by atoms with Crippen LogP contribution >= 0.6 is 15.9 Å². The van der Waals surface area contributed by atoms with E-state index in [1.54, 1.807) is 7.11 Å². The Kier molecular flexibility index (Phi) is 4.66. The van der Waals surface area contributed by atoms with Crippen LogP contribution in [0.3, 0.4) is 0 Å². The van der Waals surface area contributed by atoms with Crippen LogP contribution in [-0.4, -0.2) is 42.4 Å². The van der Waals surface area contributed by atoms with Gasteiger partial charge >= 0.3 is 0 Å². The summed E-state index contributed by atoms with van der Waals surface area (Å²) >= 11 is 3.44. The maximum Gasteiger partial charge on any atom is 0.137 e. The van der Waals surface area contributed by atoms with E-state index in [9.17, 15) is 0 Å². The molecule has 1 fully saturated rings. The first-order valence-corrected chi connectivity index (χ1v) is 7.56. The molecule has 0 bridgehead atoms. The Morgan fingerprint density at radius 1 is 1.45 bits per heavy atom. The van der Waals surface area contributed by atoms with Gasteiger partial charge in [-0.05, 0) is 15.9 Å². The summed E-state index contributed by atoms with van der Waals surface area (Å²) < 4.78 is 11.8. The maximum absolute atomic E-state index is 5.61. The second-order valence-corrected chi connectivity index (χ2v) is 7.01. The van der Waals surface area contributed by atoms with Crippen molar-refractivity contribution < 1.29 is 9.47 Å². The number of hydrogen-bond donors (Lipinski definition) is 1. The first-order valence-electron chi connectivity index (χ1n) is 6.76. The Morgan fingerprint density at radius 3 is 2.75 bits per heavy atom. The van der Waals surface area contributed by atoms with Crippen molar-refractivity contribution in [2.24, 2.45) is 0 Å². The third kappa shape index (κ3) is 3.68. The standard InChI is InChI=1S/C14H22BrN3O2/c1-13(2,3)12-17-10(15)7-11(18-12)16-8-14(19-4)5-6-20-9-14/h7H,5-6,8-9H2,1-4H3,(H,16,17,18). The Labute approximate surface area is 128 Å². The molecule has 2 heterocycles. The first-order chi connectivity index (χ1) is 9.35. The molecule has 0 aromatic carbocycles. The van der Waals surface area contributed by atoms with Gasteiger partial charge in [0.25, 0.3) is 0 Å². The van der Waals surface area contributed by atoms with Gasteiger partial charge in [0.15, 0.2) is 0 Å². The van der Waals surface area contributed by atoms with Gasteiger partial charge in [-0.15, -0.1) is 0 Å². The molecule has 5 nitrogen and oxygen atoms in total. The minimum Gasteiger partial charge on any atom is -0.378 e. The molecule has 0 saturated carbocycles. The number of aromatic nitrogens is 2. The summed E-state index contributed by atoms with van der Waals surface area (Å²) in [6, 6.07) is 1.88. The summed E-state index contributed by atoms with van der Waals surface area (Å²) in [7, 11) is 1.73. The first kappa shape index (κ1) is 15.7. The van der Waals surface area contributed by atoms with Gasteiger partial charge in [-0.2, -0.15) is 0 Å². The zero-order valence-corrected chi connectivity index (χ0v) is 14.1. The summed E-state index contributed by atoms with van der Waals surface area (Å²) in [6.45, 7) is 8.33. The molecule has 1 unspecified atom stereocenters.